The molecule has 0 unspecified atom stereocenters. The number of aromatic nitrogens is 5. The topological polar surface area (TPSA) is 80.5 Å². The van der Waals surface area contributed by atoms with E-state index in [-0.39, 0.29) is 0 Å². The molecule has 0 atom stereocenters. The van der Waals surface area contributed by atoms with Gasteiger partial charge in [0, 0.05) is 19.3 Å². The maximum atomic E-state index is 4.56. The van der Waals surface area contributed by atoms with Gasteiger partial charge in [-0.3, -0.25) is 4.68 Å². The van der Waals surface area contributed by atoms with E-state index in [0.717, 1.165) is 42.1 Å². The minimum Gasteiger partial charge on any atom is -0.368 e. The maximum Gasteiger partial charge on any atom is 0.226 e. The fourth-order valence-corrected chi connectivity index (χ4v) is 2.71. The van der Waals surface area contributed by atoms with E-state index in [0.29, 0.717) is 5.95 Å². The van der Waals surface area contributed by atoms with Crippen molar-refractivity contribution in [3.8, 4) is 0 Å². The highest BCUT2D eigenvalue weighted by Gasteiger charge is 2.08. The van der Waals surface area contributed by atoms with Gasteiger partial charge in [0.25, 0.3) is 0 Å². The Balaban J connectivity index is 1.74. The lowest BCUT2D eigenvalue weighted by molar-refractivity contribution is 0.608. The Hall–Kier alpha value is -2.22. The van der Waals surface area contributed by atoms with E-state index in [1.54, 1.807) is 22.2 Å². The summed E-state index contributed by atoms with van der Waals surface area (Å²) in [5, 5.41) is 17.4. The highest BCUT2D eigenvalue weighted by molar-refractivity contribution is 7.16. The Labute approximate surface area is 126 Å². The molecule has 0 saturated carbocycles. The van der Waals surface area contributed by atoms with Crippen LogP contribution in [0.15, 0.2) is 23.8 Å². The number of fused-ring (bicyclic) bond motifs is 1. The van der Waals surface area contributed by atoms with Crippen molar-refractivity contribution in [2.24, 2.45) is 0 Å². The monoisotopic (exact) mass is 303 g/mol. The molecule has 0 spiro atoms. The van der Waals surface area contributed by atoms with Crippen LogP contribution in [0.2, 0.25) is 0 Å². The lowest BCUT2D eigenvalue weighted by Gasteiger charge is -2.09. The Morgan fingerprint density at radius 3 is 3.00 bits per heavy atom. The Morgan fingerprint density at radius 1 is 1.24 bits per heavy atom. The van der Waals surface area contributed by atoms with E-state index in [1.165, 1.54) is 0 Å². The summed E-state index contributed by atoms with van der Waals surface area (Å²) in [6, 6.07) is 2.04. The molecule has 3 heterocycles. The molecule has 0 saturated heterocycles. The molecule has 0 radical (unpaired) electrons. The van der Waals surface area contributed by atoms with Gasteiger partial charge in [-0.2, -0.15) is 4.98 Å². The van der Waals surface area contributed by atoms with E-state index in [2.05, 4.69) is 37.8 Å². The predicted octanol–water partition coefficient (Wildman–Crippen LogP) is 2.22. The van der Waals surface area contributed by atoms with Crippen LogP contribution in [0, 0.1) is 0 Å². The summed E-state index contributed by atoms with van der Waals surface area (Å²) in [7, 11) is 0. The molecule has 3 rings (SSSR count). The number of anilines is 2. The van der Waals surface area contributed by atoms with E-state index in [1.807, 2.05) is 17.6 Å². The van der Waals surface area contributed by atoms with Gasteiger partial charge in [-0.1, -0.05) is 12.1 Å². The molecule has 7 nitrogen and oxygen atoms in total. The molecule has 3 aromatic heterocycles. The summed E-state index contributed by atoms with van der Waals surface area (Å²) >= 11 is 1.62. The standard InChI is InChI=1S/C13H17N7S/c1-2-4-15-13-17-11(10-3-9-21-12(10)18-13)14-5-7-20-8-6-16-19-20/h3,6,8-9H,2,4-5,7H2,1H3,(H2,14,15,17,18). The van der Waals surface area contributed by atoms with Crippen LogP contribution < -0.4 is 10.6 Å². The van der Waals surface area contributed by atoms with Crippen molar-refractivity contribution in [1.82, 2.24) is 25.0 Å². The first-order chi connectivity index (χ1) is 10.4. The minimum absolute atomic E-state index is 0.676. The number of rotatable bonds is 7. The van der Waals surface area contributed by atoms with Gasteiger partial charge in [0.1, 0.15) is 10.6 Å². The van der Waals surface area contributed by atoms with Crippen molar-refractivity contribution in [1.29, 1.82) is 0 Å². The van der Waals surface area contributed by atoms with Gasteiger partial charge in [0.2, 0.25) is 5.95 Å². The van der Waals surface area contributed by atoms with Crippen LogP contribution in [0.4, 0.5) is 11.8 Å². The molecule has 21 heavy (non-hydrogen) atoms. The van der Waals surface area contributed by atoms with Crippen LogP contribution in [0.3, 0.4) is 0 Å². The van der Waals surface area contributed by atoms with Crippen molar-refractivity contribution >= 4 is 33.3 Å². The van der Waals surface area contributed by atoms with Crippen LogP contribution in [0.25, 0.3) is 10.2 Å². The summed E-state index contributed by atoms with van der Waals surface area (Å²) in [6.07, 6.45) is 4.56. The second-order valence-electron chi connectivity index (χ2n) is 4.55. The van der Waals surface area contributed by atoms with Crippen molar-refractivity contribution in [3.05, 3.63) is 23.8 Å². The summed E-state index contributed by atoms with van der Waals surface area (Å²) in [4.78, 5) is 10.1. The summed E-state index contributed by atoms with van der Waals surface area (Å²) in [6.45, 7) is 4.47. The van der Waals surface area contributed by atoms with Crippen molar-refractivity contribution in [3.63, 3.8) is 0 Å². The molecule has 0 amide bonds. The van der Waals surface area contributed by atoms with E-state index in [4.69, 9.17) is 0 Å². The zero-order chi connectivity index (χ0) is 14.5. The fraction of sp³-hybridized carbons (Fsp3) is 0.385. The average Bonchev–Trinajstić information content (AvgIpc) is 3.15. The summed E-state index contributed by atoms with van der Waals surface area (Å²) in [5.41, 5.74) is 0. The maximum absolute atomic E-state index is 4.56. The molecular weight excluding hydrogens is 286 g/mol. The number of nitrogens with zero attached hydrogens (tertiary/aromatic N) is 5. The molecule has 0 fully saturated rings. The highest BCUT2D eigenvalue weighted by atomic mass is 32.1. The van der Waals surface area contributed by atoms with Gasteiger partial charge in [-0.25, -0.2) is 4.98 Å². The Kier molecular flexibility index (Phi) is 4.25. The van der Waals surface area contributed by atoms with Gasteiger partial charge in [0.05, 0.1) is 18.1 Å². The number of hydrogen-bond acceptors (Lipinski definition) is 7. The molecule has 3 aromatic rings. The average molecular weight is 303 g/mol. The van der Waals surface area contributed by atoms with Crippen molar-refractivity contribution in [2.75, 3.05) is 23.7 Å². The van der Waals surface area contributed by atoms with Crippen LogP contribution in [0.1, 0.15) is 13.3 Å². The zero-order valence-corrected chi connectivity index (χ0v) is 12.6. The molecule has 0 aliphatic rings. The van der Waals surface area contributed by atoms with Crippen molar-refractivity contribution in [2.45, 2.75) is 19.9 Å². The lowest BCUT2D eigenvalue weighted by Crippen LogP contribution is -2.13. The number of hydrogen-bond donors (Lipinski definition) is 2. The first kappa shape index (κ1) is 13.7. The van der Waals surface area contributed by atoms with E-state index in [9.17, 15) is 0 Å². The molecular formula is C13H17N7S. The van der Waals surface area contributed by atoms with Crippen LogP contribution >= 0.6 is 11.3 Å². The van der Waals surface area contributed by atoms with E-state index >= 15 is 0 Å². The predicted molar refractivity (Wildman–Crippen MR) is 84.7 cm³/mol. The molecule has 0 aromatic carbocycles. The molecule has 0 aliphatic heterocycles. The third-order valence-corrected chi connectivity index (χ3v) is 3.77. The van der Waals surface area contributed by atoms with Gasteiger partial charge < -0.3 is 10.6 Å². The van der Waals surface area contributed by atoms with Crippen LogP contribution in [0.5, 0.6) is 0 Å². The second kappa shape index (κ2) is 6.49. The molecule has 2 N–H and O–H groups in total. The minimum atomic E-state index is 0.676. The molecule has 8 heteroatoms. The van der Waals surface area contributed by atoms with Crippen LogP contribution in [-0.2, 0) is 6.54 Å². The number of thiophene rings is 1. The molecule has 0 bridgehead atoms. The summed E-state index contributed by atoms with van der Waals surface area (Å²) in [5.74, 6) is 1.54. The normalized spacial score (nSPS) is 10.9. The largest absolute Gasteiger partial charge is 0.368 e. The van der Waals surface area contributed by atoms with Crippen LogP contribution in [-0.4, -0.2) is 38.1 Å². The molecule has 0 aliphatic carbocycles. The third kappa shape index (κ3) is 3.27. The quantitative estimate of drug-likeness (QED) is 0.696. The first-order valence-electron chi connectivity index (χ1n) is 6.94. The number of nitrogens with one attached hydrogen (secondary N) is 2. The third-order valence-electron chi connectivity index (χ3n) is 2.96. The SMILES string of the molecule is CCCNc1nc(NCCn2ccnn2)c2ccsc2n1. The van der Waals surface area contributed by atoms with Gasteiger partial charge in [-0.15, -0.1) is 16.4 Å². The Bertz CT molecular complexity index is 692. The lowest BCUT2D eigenvalue weighted by atomic mass is 10.3. The zero-order valence-electron chi connectivity index (χ0n) is 11.8. The molecule has 110 valence electrons. The highest BCUT2D eigenvalue weighted by Crippen LogP contribution is 2.26. The van der Waals surface area contributed by atoms with Gasteiger partial charge >= 0.3 is 0 Å². The Morgan fingerprint density at radius 2 is 2.19 bits per heavy atom. The summed E-state index contributed by atoms with van der Waals surface area (Å²) < 4.78 is 1.79. The van der Waals surface area contributed by atoms with E-state index < -0.39 is 0 Å². The van der Waals surface area contributed by atoms with Gasteiger partial charge in [-0.05, 0) is 17.9 Å². The first-order valence-corrected chi connectivity index (χ1v) is 7.82. The van der Waals surface area contributed by atoms with Gasteiger partial charge in [0.15, 0.2) is 0 Å². The fourth-order valence-electron chi connectivity index (χ4n) is 1.95. The van der Waals surface area contributed by atoms with Crippen molar-refractivity contribution < 1.29 is 0 Å². The smallest absolute Gasteiger partial charge is 0.226 e. The second-order valence-corrected chi connectivity index (χ2v) is 5.45.